The molecule has 2 rings (SSSR count). The fraction of sp³-hybridized carbons (Fsp3) is 0.417. The molecule has 0 bridgehead atoms. The highest BCUT2D eigenvalue weighted by atomic mass is 16.4. The molecular weight excluding hydrogens is 236 g/mol. The predicted molar refractivity (Wildman–Crippen MR) is 62.2 cm³/mol. The second-order valence-electron chi connectivity index (χ2n) is 4.26. The van der Waals surface area contributed by atoms with E-state index in [4.69, 9.17) is 5.11 Å². The topological polar surface area (TPSA) is 90.7 Å². The van der Waals surface area contributed by atoms with E-state index in [1.54, 1.807) is 0 Å². The van der Waals surface area contributed by atoms with Gasteiger partial charge in [-0.15, -0.1) is 0 Å². The lowest BCUT2D eigenvalue weighted by Crippen LogP contribution is -2.37. The molecule has 0 aliphatic carbocycles. The molecule has 1 unspecified atom stereocenters. The first-order valence-corrected chi connectivity index (χ1v) is 5.76. The molecule has 1 aromatic heterocycles. The molecule has 2 heterocycles. The number of carbonyl (C=O) groups excluding carboxylic acids is 1. The minimum Gasteiger partial charge on any atom is -0.505 e. The van der Waals surface area contributed by atoms with E-state index in [1.807, 2.05) is 0 Å². The van der Waals surface area contributed by atoms with Crippen LogP contribution in [0.15, 0.2) is 18.3 Å². The van der Waals surface area contributed by atoms with E-state index in [1.165, 1.54) is 23.2 Å². The van der Waals surface area contributed by atoms with Crippen LogP contribution in [0, 0.1) is 0 Å². The molecule has 0 spiro atoms. The molecule has 2 N–H and O–H groups in total. The summed E-state index contributed by atoms with van der Waals surface area (Å²) in [6, 6.07) is 2.62. The third-order valence-corrected chi connectivity index (χ3v) is 3.04. The van der Waals surface area contributed by atoms with Crippen LogP contribution >= 0.6 is 0 Å². The summed E-state index contributed by atoms with van der Waals surface area (Å²) in [4.78, 5) is 28.2. The highest BCUT2D eigenvalue weighted by Crippen LogP contribution is 2.24. The van der Waals surface area contributed by atoms with Gasteiger partial charge < -0.3 is 15.1 Å². The summed E-state index contributed by atoms with van der Waals surface area (Å²) >= 11 is 0. The monoisotopic (exact) mass is 250 g/mol. The van der Waals surface area contributed by atoms with Gasteiger partial charge in [0.15, 0.2) is 5.69 Å². The van der Waals surface area contributed by atoms with Crippen molar-refractivity contribution in [1.29, 1.82) is 0 Å². The van der Waals surface area contributed by atoms with Gasteiger partial charge in [0.25, 0.3) is 5.91 Å². The Balaban J connectivity index is 2.18. The molecule has 18 heavy (non-hydrogen) atoms. The van der Waals surface area contributed by atoms with E-state index in [-0.39, 0.29) is 23.9 Å². The zero-order valence-corrected chi connectivity index (χ0v) is 9.74. The van der Waals surface area contributed by atoms with E-state index in [2.05, 4.69) is 4.98 Å². The van der Waals surface area contributed by atoms with Gasteiger partial charge in [-0.1, -0.05) is 0 Å². The Morgan fingerprint density at radius 3 is 2.94 bits per heavy atom. The molecule has 6 heteroatoms. The van der Waals surface area contributed by atoms with Crippen LogP contribution in [0.1, 0.15) is 29.8 Å². The van der Waals surface area contributed by atoms with Crippen molar-refractivity contribution in [3.8, 4) is 5.75 Å². The number of likely N-dealkylation sites (tertiary alicyclic amines) is 1. The van der Waals surface area contributed by atoms with Crippen LogP contribution in [0.3, 0.4) is 0 Å². The van der Waals surface area contributed by atoms with Crippen LogP contribution < -0.4 is 0 Å². The quantitative estimate of drug-likeness (QED) is 0.830. The Hall–Kier alpha value is -2.11. The molecule has 0 aromatic carbocycles. The van der Waals surface area contributed by atoms with Crippen molar-refractivity contribution in [3.63, 3.8) is 0 Å². The third-order valence-electron chi connectivity index (χ3n) is 3.04. The van der Waals surface area contributed by atoms with Crippen LogP contribution in [0.2, 0.25) is 0 Å². The number of carboxylic acids is 1. The van der Waals surface area contributed by atoms with Gasteiger partial charge in [0.1, 0.15) is 5.75 Å². The molecule has 1 aliphatic rings. The average molecular weight is 250 g/mol. The zero-order valence-electron chi connectivity index (χ0n) is 9.74. The Kier molecular flexibility index (Phi) is 3.45. The number of aromatic hydroxyl groups is 1. The van der Waals surface area contributed by atoms with E-state index in [9.17, 15) is 14.7 Å². The molecule has 96 valence electrons. The summed E-state index contributed by atoms with van der Waals surface area (Å²) in [6.07, 6.45) is 2.80. The maximum absolute atomic E-state index is 12.2. The molecule has 0 saturated carbocycles. The summed E-state index contributed by atoms with van der Waals surface area (Å²) in [5.74, 6) is -1.51. The maximum atomic E-state index is 12.2. The average Bonchev–Trinajstić information content (AvgIpc) is 2.76. The molecule has 1 fully saturated rings. The molecule has 1 amide bonds. The Morgan fingerprint density at radius 2 is 2.28 bits per heavy atom. The number of aliphatic carboxylic acids is 1. The summed E-state index contributed by atoms with van der Waals surface area (Å²) in [6.45, 7) is 0.507. The third kappa shape index (κ3) is 2.42. The Morgan fingerprint density at radius 1 is 1.50 bits per heavy atom. The maximum Gasteiger partial charge on any atom is 0.305 e. The molecule has 1 aliphatic heterocycles. The van der Waals surface area contributed by atoms with E-state index in [0.29, 0.717) is 13.0 Å². The number of amides is 1. The van der Waals surface area contributed by atoms with Crippen molar-refractivity contribution in [2.45, 2.75) is 25.3 Å². The lowest BCUT2D eigenvalue weighted by molar-refractivity contribution is -0.137. The van der Waals surface area contributed by atoms with Crippen molar-refractivity contribution in [2.24, 2.45) is 0 Å². The lowest BCUT2D eigenvalue weighted by Gasteiger charge is -2.23. The van der Waals surface area contributed by atoms with E-state index in [0.717, 1.165) is 6.42 Å². The van der Waals surface area contributed by atoms with Gasteiger partial charge in [0.05, 0.1) is 6.42 Å². The van der Waals surface area contributed by atoms with Crippen molar-refractivity contribution < 1.29 is 19.8 Å². The Bertz CT molecular complexity index is 475. The second kappa shape index (κ2) is 5.03. The summed E-state index contributed by atoms with van der Waals surface area (Å²) in [5.41, 5.74) is -0.0187. The lowest BCUT2D eigenvalue weighted by atomic mass is 10.1. The van der Waals surface area contributed by atoms with Gasteiger partial charge in [-0.25, -0.2) is 4.98 Å². The number of nitrogens with zero attached hydrogens (tertiary/aromatic N) is 2. The minimum atomic E-state index is -0.926. The van der Waals surface area contributed by atoms with Crippen LogP contribution in [0.4, 0.5) is 0 Å². The molecular formula is C12H14N2O4. The largest absolute Gasteiger partial charge is 0.505 e. The number of carboxylic acid groups (broad SMARTS) is 1. The molecule has 1 aromatic rings. The van der Waals surface area contributed by atoms with E-state index >= 15 is 0 Å². The van der Waals surface area contributed by atoms with E-state index < -0.39 is 11.9 Å². The highest BCUT2D eigenvalue weighted by molar-refractivity contribution is 5.95. The number of hydrogen-bond acceptors (Lipinski definition) is 4. The Labute approximate surface area is 104 Å². The minimum absolute atomic E-state index is 0.0187. The normalized spacial score (nSPS) is 18.9. The number of rotatable bonds is 3. The molecule has 0 radical (unpaired) electrons. The van der Waals surface area contributed by atoms with Gasteiger partial charge in [-0.05, 0) is 25.0 Å². The van der Waals surface area contributed by atoms with Crippen molar-refractivity contribution in [2.75, 3.05) is 6.54 Å². The number of aromatic nitrogens is 1. The first-order valence-electron chi connectivity index (χ1n) is 5.76. The van der Waals surface area contributed by atoms with Gasteiger partial charge >= 0.3 is 5.97 Å². The van der Waals surface area contributed by atoms with Crippen molar-refractivity contribution >= 4 is 11.9 Å². The summed E-state index contributed by atoms with van der Waals surface area (Å²) < 4.78 is 0. The van der Waals surface area contributed by atoms with Crippen molar-refractivity contribution in [1.82, 2.24) is 9.88 Å². The van der Waals surface area contributed by atoms with Crippen LogP contribution in [0.5, 0.6) is 5.75 Å². The van der Waals surface area contributed by atoms with Crippen LogP contribution in [-0.4, -0.2) is 44.6 Å². The zero-order chi connectivity index (χ0) is 13.1. The van der Waals surface area contributed by atoms with Gasteiger partial charge in [-0.3, -0.25) is 9.59 Å². The summed E-state index contributed by atoms with van der Waals surface area (Å²) in [7, 11) is 0. The smallest absolute Gasteiger partial charge is 0.305 e. The van der Waals surface area contributed by atoms with Gasteiger partial charge in [0.2, 0.25) is 0 Å². The molecule has 1 atom stereocenters. The summed E-state index contributed by atoms with van der Waals surface area (Å²) in [5, 5.41) is 18.4. The first-order chi connectivity index (χ1) is 8.59. The second-order valence-corrected chi connectivity index (χ2v) is 4.26. The van der Waals surface area contributed by atoms with Crippen molar-refractivity contribution in [3.05, 3.63) is 24.0 Å². The predicted octanol–water partition coefficient (Wildman–Crippen LogP) is 0.866. The first kappa shape index (κ1) is 12.3. The number of pyridine rings is 1. The van der Waals surface area contributed by atoms with Gasteiger partial charge in [0, 0.05) is 18.8 Å². The van der Waals surface area contributed by atoms with Crippen LogP contribution in [0.25, 0.3) is 0 Å². The highest BCUT2D eigenvalue weighted by Gasteiger charge is 2.32. The molecule has 6 nitrogen and oxygen atoms in total. The number of hydrogen-bond donors (Lipinski definition) is 2. The molecule has 1 saturated heterocycles. The fourth-order valence-corrected chi connectivity index (χ4v) is 2.21. The fourth-order valence-electron chi connectivity index (χ4n) is 2.21. The van der Waals surface area contributed by atoms with Crippen LogP contribution in [-0.2, 0) is 4.79 Å². The number of carbonyl (C=O) groups is 2. The van der Waals surface area contributed by atoms with Gasteiger partial charge in [-0.2, -0.15) is 0 Å². The standard InChI is InChI=1S/C12H14N2O4/c15-9-4-1-5-13-11(9)12(18)14-6-2-3-8(14)7-10(16)17/h1,4-5,8,15H,2-3,6-7H2,(H,16,17). The SMILES string of the molecule is O=C(O)CC1CCCN1C(=O)c1ncccc1O.